The van der Waals surface area contributed by atoms with E-state index in [0.29, 0.717) is 11.1 Å². The quantitative estimate of drug-likeness (QED) is 0.874. The largest absolute Gasteiger partial charge is 0.337 e. The molecule has 1 saturated heterocycles. The van der Waals surface area contributed by atoms with Crippen molar-refractivity contribution in [3.8, 4) is 17.2 Å². The third-order valence-corrected chi connectivity index (χ3v) is 4.67. The van der Waals surface area contributed by atoms with E-state index in [-0.39, 0.29) is 11.9 Å². The lowest BCUT2D eigenvalue weighted by molar-refractivity contribution is 0.0737. The van der Waals surface area contributed by atoms with E-state index in [1.807, 2.05) is 54.4 Å². The molecule has 0 radical (unpaired) electrons. The van der Waals surface area contributed by atoms with Crippen LogP contribution in [-0.4, -0.2) is 48.9 Å². The Hall–Kier alpha value is -2.64. The molecule has 4 nitrogen and oxygen atoms in total. The van der Waals surface area contributed by atoms with Gasteiger partial charge in [0.05, 0.1) is 11.6 Å². The zero-order valence-corrected chi connectivity index (χ0v) is 14.1. The fourth-order valence-corrected chi connectivity index (χ4v) is 3.20. The molecule has 0 spiro atoms. The summed E-state index contributed by atoms with van der Waals surface area (Å²) in [7, 11) is 3.97. The summed E-state index contributed by atoms with van der Waals surface area (Å²) in [6, 6.07) is 17.5. The number of carbonyl (C=O) groups is 1. The highest BCUT2D eigenvalue weighted by atomic mass is 16.2. The lowest BCUT2D eigenvalue weighted by Crippen LogP contribution is -2.38. The second-order valence-electron chi connectivity index (χ2n) is 6.39. The molecule has 0 N–H and O–H groups in total. The van der Waals surface area contributed by atoms with Gasteiger partial charge in [0.25, 0.3) is 5.91 Å². The van der Waals surface area contributed by atoms with Gasteiger partial charge in [-0.15, -0.1) is 0 Å². The molecule has 4 heteroatoms. The van der Waals surface area contributed by atoms with E-state index >= 15 is 0 Å². The van der Waals surface area contributed by atoms with Gasteiger partial charge in [-0.3, -0.25) is 4.79 Å². The van der Waals surface area contributed by atoms with E-state index in [2.05, 4.69) is 18.0 Å². The van der Waals surface area contributed by atoms with Crippen LogP contribution in [-0.2, 0) is 0 Å². The SMILES string of the molecule is CN1CC[C@@H](N(C)C(=O)c2cccc(-c3cccc(C#N)c3)c2)C1. The summed E-state index contributed by atoms with van der Waals surface area (Å²) in [6.45, 7) is 1.95. The smallest absolute Gasteiger partial charge is 0.253 e. The topological polar surface area (TPSA) is 47.3 Å². The number of carbonyl (C=O) groups excluding carboxylic acids is 1. The van der Waals surface area contributed by atoms with Crippen molar-refractivity contribution >= 4 is 5.91 Å². The average molecular weight is 319 g/mol. The van der Waals surface area contributed by atoms with Gasteiger partial charge < -0.3 is 9.80 Å². The highest BCUT2D eigenvalue weighted by Gasteiger charge is 2.27. The standard InChI is InChI=1S/C20H21N3O/c1-22-10-9-19(14-22)23(2)20(24)18-8-4-7-17(12-18)16-6-3-5-15(11-16)13-21/h3-8,11-12,19H,9-10,14H2,1-2H3/t19-/m1/s1. The highest BCUT2D eigenvalue weighted by Crippen LogP contribution is 2.23. The molecule has 122 valence electrons. The molecule has 0 bridgehead atoms. The van der Waals surface area contributed by atoms with Crippen molar-refractivity contribution in [3.63, 3.8) is 0 Å². The molecule has 1 fully saturated rings. The van der Waals surface area contributed by atoms with Gasteiger partial charge in [-0.1, -0.05) is 24.3 Å². The number of hydrogen-bond acceptors (Lipinski definition) is 3. The number of amides is 1. The maximum atomic E-state index is 12.8. The summed E-state index contributed by atoms with van der Waals surface area (Å²) >= 11 is 0. The number of rotatable bonds is 3. The molecule has 0 aliphatic carbocycles. The molecule has 1 aliphatic heterocycles. The van der Waals surface area contributed by atoms with Crippen LogP contribution in [0, 0.1) is 11.3 Å². The van der Waals surface area contributed by atoms with Gasteiger partial charge in [-0.25, -0.2) is 0 Å². The fraction of sp³-hybridized carbons (Fsp3) is 0.300. The summed E-state index contributed by atoms with van der Waals surface area (Å²) < 4.78 is 0. The van der Waals surface area contributed by atoms with Gasteiger partial charge in [-0.05, 0) is 55.4 Å². The summed E-state index contributed by atoms with van der Waals surface area (Å²) in [4.78, 5) is 16.9. The van der Waals surface area contributed by atoms with E-state index in [1.165, 1.54) is 0 Å². The minimum absolute atomic E-state index is 0.0496. The highest BCUT2D eigenvalue weighted by molar-refractivity contribution is 5.95. The average Bonchev–Trinajstić information content (AvgIpc) is 3.07. The first kappa shape index (κ1) is 16.2. The second kappa shape index (κ2) is 6.86. The Morgan fingerprint density at radius 1 is 1.21 bits per heavy atom. The van der Waals surface area contributed by atoms with E-state index < -0.39 is 0 Å². The van der Waals surface area contributed by atoms with Crippen LogP contribution >= 0.6 is 0 Å². The zero-order chi connectivity index (χ0) is 17.1. The first-order valence-corrected chi connectivity index (χ1v) is 8.15. The van der Waals surface area contributed by atoms with Crippen LogP contribution in [0.2, 0.25) is 0 Å². The van der Waals surface area contributed by atoms with Gasteiger partial charge in [0, 0.05) is 25.2 Å². The van der Waals surface area contributed by atoms with Gasteiger partial charge in [0.15, 0.2) is 0 Å². The zero-order valence-electron chi connectivity index (χ0n) is 14.1. The van der Waals surface area contributed by atoms with Crippen LogP contribution in [0.4, 0.5) is 0 Å². The van der Waals surface area contributed by atoms with Crippen LogP contribution in [0.25, 0.3) is 11.1 Å². The second-order valence-corrected chi connectivity index (χ2v) is 6.39. The molecule has 1 amide bonds. The molecule has 1 atom stereocenters. The Bertz CT molecular complexity index is 793. The Kier molecular flexibility index (Phi) is 4.64. The maximum Gasteiger partial charge on any atom is 0.253 e. The van der Waals surface area contributed by atoms with E-state index in [1.54, 1.807) is 6.07 Å². The Morgan fingerprint density at radius 2 is 1.92 bits per heavy atom. The first-order chi connectivity index (χ1) is 11.6. The molecule has 0 unspecified atom stereocenters. The van der Waals surface area contributed by atoms with Crippen molar-refractivity contribution in [1.82, 2.24) is 9.80 Å². The molecule has 1 heterocycles. The van der Waals surface area contributed by atoms with Gasteiger partial charge in [0.2, 0.25) is 0 Å². The van der Waals surface area contributed by atoms with Crippen LogP contribution in [0.1, 0.15) is 22.3 Å². The summed E-state index contributed by atoms with van der Waals surface area (Å²) in [5.41, 5.74) is 3.21. The minimum Gasteiger partial charge on any atom is -0.337 e. The lowest BCUT2D eigenvalue weighted by Gasteiger charge is -2.24. The number of nitrogens with zero attached hydrogens (tertiary/aromatic N) is 3. The van der Waals surface area contributed by atoms with E-state index in [0.717, 1.165) is 30.6 Å². The minimum atomic E-state index is 0.0496. The van der Waals surface area contributed by atoms with Gasteiger partial charge >= 0.3 is 0 Å². The Morgan fingerprint density at radius 3 is 2.58 bits per heavy atom. The predicted molar refractivity (Wildman–Crippen MR) is 94.6 cm³/mol. The number of likely N-dealkylation sites (N-methyl/N-ethyl adjacent to an activating group) is 2. The first-order valence-electron chi connectivity index (χ1n) is 8.15. The third kappa shape index (κ3) is 3.32. The Labute approximate surface area is 142 Å². The molecule has 0 aromatic heterocycles. The molecule has 2 aromatic carbocycles. The molecule has 0 saturated carbocycles. The summed E-state index contributed by atoms with van der Waals surface area (Å²) in [6.07, 6.45) is 1.02. The molecular formula is C20H21N3O. The third-order valence-electron chi connectivity index (χ3n) is 4.67. The molecule has 1 aliphatic rings. The van der Waals surface area contributed by atoms with Crippen LogP contribution in [0.3, 0.4) is 0 Å². The van der Waals surface area contributed by atoms with Gasteiger partial charge in [-0.2, -0.15) is 5.26 Å². The number of benzene rings is 2. The number of likely N-dealkylation sites (tertiary alicyclic amines) is 1. The van der Waals surface area contributed by atoms with Gasteiger partial charge in [0.1, 0.15) is 0 Å². The van der Waals surface area contributed by atoms with Crippen LogP contribution in [0.5, 0.6) is 0 Å². The van der Waals surface area contributed by atoms with Crippen molar-refractivity contribution in [2.24, 2.45) is 0 Å². The summed E-state index contributed by atoms with van der Waals surface area (Å²) in [5.74, 6) is 0.0496. The van der Waals surface area contributed by atoms with Crippen molar-refractivity contribution in [1.29, 1.82) is 5.26 Å². The van der Waals surface area contributed by atoms with Crippen molar-refractivity contribution in [2.75, 3.05) is 27.2 Å². The number of hydrogen-bond donors (Lipinski definition) is 0. The van der Waals surface area contributed by atoms with Crippen LogP contribution in [0.15, 0.2) is 48.5 Å². The maximum absolute atomic E-state index is 12.8. The fourth-order valence-electron chi connectivity index (χ4n) is 3.20. The number of nitriles is 1. The van der Waals surface area contributed by atoms with Crippen molar-refractivity contribution in [3.05, 3.63) is 59.7 Å². The molecule has 3 rings (SSSR count). The molecule has 24 heavy (non-hydrogen) atoms. The molecular weight excluding hydrogens is 298 g/mol. The monoisotopic (exact) mass is 319 g/mol. The lowest BCUT2D eigenvalue weighted by atomic mass is 10.0. The van der Waals surface area contributed by atoms with E-state index in [4.69, 9.17) is 5.26 Å². The summed E-state index contributed by atoms with van der Waals surface area (Å²) in [5, 5.41) is 9.05. The van der Waals surface area contributed by atoms with Crippen LogP contribution < -0.4 is 0 Å². The normalized spacial score (nSPS) is 17.5. The van der Waals surface area contributed by atoms with Crippen molar-refractivity contribution in [2.45, 2.75) is 12.5 Å². The molecule has 2 aromatic rings. The Balaban J connectivity index is 1.84. The van der Waals surface area contributed by atoms with E-state index in [9.17, 15) is 4.79 Å². The van der Waals surface area contributed by atoms with Crippen molar-refractivity contribution < 1.29 is 4.79 Å². The predicted octanol–water partition coefficient (Wildman–Crippen LogP) is 3.00.